The molecule has 0 saturated heterocycles. The lowest BCUT2D eigenvalue weighted by Gasteiger charge is -1.99. The van der Waals surface area contributed by atoms with E-state index in [-0.39, 0.29) is 0 Å². The van der Waals surface area contributed by atoms with Crippen LogP contribution in [0.5, 0.6) is 0 Å². The second-order valence-corrected chi connectivity index (χ2v) is 3.65. The topological polar surface area (TPSA) is 40.6 Å². The molecule has 5 heteroatoms. The Hall–Kier alpha value is -0.490. The highest BCUT2D eigenvalue weighted by atomic mass is 32.1. The normalized spacial score (nSPS) is 10.7. The van der Waals surface area contributed by atoms with Crippen LogP contribution in [0, 0.1) is 0 Å². The fourth-order valence-corrected chi connectivity index (χ4v) is 1.65. The highest BCUT2D eigenvalue weighted by Gasteiger charge is 2.01. The summed E-state index contributed by atoms with van der Waals surface area (Å²) in [5, 5.41) is 2.96. The van der Waals surface area contributed by atoms with Gasteiger partial charge in [0.05, 0.1) is 32.1 Å². The SMILES string of the molecule is COCCOCc1nc(COC)cs1. The first kappa shape index (κ1) is 11.6. The van der Waals surface area contributed by atoms with Gasteiger partial charge in [0.2, 0.25) is 0 Å². The molecule has 0 N–H and O–H groups in total. The summed E-state index contributed by atoms with van der Waals surface area (Å²) in [7, 11) is 3.32. The molecule has 0 aliphatic heterocycles. The van der Waals surface area contributed by atoms with Gasteiger partial charge >= 0.3 is 0 Å². The molecular formula is C9H15NO3S. The van der Waals surface area contributed by atoms with E-state index in [9.17, 15) is 0 Å². The van der Waals surface area contributed by atoms with Crippen molar-refractivity contribution in [3.63, 3.8) is 0 Å². The van der Waals surface area contributed by atoms with Gasteiger partial charge in [-0.1, -0.05) is 0 Å². The molecule has 0 saturated carbocycles. The predicted octanol–water partition coefficient (Wildman–Crippen LogP) is 1.45. The van der Waals surface area contributed by atoms with E-state index in [4.69, 9.17) is 14.2 Å². The van der Waals surface area contributed by atoms with Gasteiger partial charge in [-0.15, -0.1) is 11.3 Å². The third-order valence-electron chi connectivity index (χ3n) is 1.55. The third kappa shape index (κ3) is 4.15. The van der Waals surface area contributed by atoms with Crippen molar-refractivity contribution in [1.29, 1.82) is 0 Å². The van der Waals surface area contributed by atoms with Crippen LogP contribution in [0.1, 0.15) is 10.7 Å². The number of hydrogen-bond donors (Lipinski definition) is 0. The number of thiazole rings is 1. The van der Waals surface area contributed by atoms with E-state index in [0.29, 0.717) is 26.4 Å². The highest BCUT2D eigenvalue weighted by molar-refractivity contribution is 7.09. The van der Waals surface area contributed by atoms with Gasteiger partial charge in [0.1, 0.15) is 5.01 Å². The Morgan fingerprint density at radius 1 is 1.21 bits per heavy atom. The first-order chi connectivity index (χ1) is 6.86. The van der Waals surface area contributed by atoms with Crippen LogP contribution in [0.4, 0.5) is 0 Å². The van der Waals surface area contributed by atoms with E-state index in [1.165, 1.54) is 0 Å². The maximum Gasteiger partial charge on any atom is 0.119 e. The molecule has 1 rings (SSSR count). The van der Waals surface area contributed by atoms with Crippen molar-refractivity contribution < 1.29 is 14.2 Å². The number of methoxy groups -OCH3 is 2. The third-order valence-corrected chi connectivity index (χ3v) is 2.42. The van der Waals surface area contributed by atoms with Gasteiger partial charge in [-0.3, -0.25) is 0 Å². The van der Waals surface area contributed by atoms with Crippen molar-refractivity contribution in [3.8, 4) is 0 Å². The fourth-order valence-electron chi connectivity index (χ4n) is 0.931. The largest absolute Gasteiger partial charge is 0.382 e. The summed E-state index contributed by atoms with van der Waals surface area (Å²) in [6, 6.07) is 0. The number of nitrogens with zero attached hydrogens (tertiary/aromatic N) is 1. The molecule has 14 heavy (non-hydrogen) atoms. The van der Waals surface area contributed by atoms with E-state index in [1.807, 2.05) is 5.38 Å². The smallest absolute Gasteiger partial charge is 0.119 e. The molecule has 0 atom stereocenters. The molecule has 0 spiro atoms. The molecule has 1 aromatic rings. The zero-order valence-corrected chi connectivity index (χ0v) is 9.30. The number of rotatable bonds is 7. The van der Waals surface area contributed by atoms with Gasteiger partial charge in [0.15, 0.2) is 0 Å². The second-order valence-electron chi connectivity index (χ2n) is 2.71. The van der Waals surface area contributed by atoms with E-state index in [2.05, 4.69) is 4.98 Å². The molecule has 0 aliphatic rings. The van der Waals surface area contributed by atoms with Crippen molar-refractivity contribution in [3.05, 3.63) is 16.1 Å². The molecule has 0 amide bonds. The maximum absolute atomic E-state index is 5.33. The molecule has 4 nitrogen and oxygen atoms in total. The van der Waals surface area contributed by atoms with Gasteiger partial charge in [-0.2, -0.15) is 0 Å². The first-order valence-corrected chi connectivity index (χ1v) is 5.23. The quantitative estimate of drug-likeness (QED) is 0.648. The van der Waals surface area contributed by atoms with Gasteiger partial charge in [0.25, 0.3) is 0 Å². The molecule has 0 unspecified atom stereocenters. The van der Waals surface area contributed by atoms with E-state index in [0.717, 1.165) is 10.7 Å². The van der Waals surface area contributed by atoms with Crippen LogP contribution in [0.25, 0.3) is 0 Å². The molecule has 0 radical (unpaired) electrons. The molecule has 0 fully saturated rings. The van der Waals surface area contributed by atoms with Crippen LogP contribution in [0.3, 0.4) is 0 Å². The van der Waals surface area contributed by atoms with Crippen LogP contribution in [-0.4, -0.2) is 32.4 Å². The molecule has 1 heterocycles. The van der Waals surface area contributed by atoms with Gasteiger partial charge < -0.3 is 14.2 Å². The highest BCUT2D eigenvalue weighted by Crippen LogP contribution is 2.11. The average molecular weight is 217 g/mol. The number of ether oxygens (including phenoxy) is 3. The average Bonchev–Trinajstić information content (AvgIpc) is 2.61. The molecule has 0 aliphatic carbocycles. The first-order valence-electron chi connectivity index (χ1n) is 4.35. The van der Waals surface area contributed by atoms with E-state index < -0.39 is 0 Å². The fraction of sp³-hybridized carbons (Fsp3) is 0.667. The Bertz CT molecular complexity index is 252. The molecule has 0 aromatic carbocycles. The summed E-state index contributed by atoms with van der Waals surface area (Å²) in [4.78, 5) is 4.33. The Kier molecular flexibility index (Phi) is 5.70. The lowest BCUT2D eigenvalue weighted by atomic mass is 10.5. The van der Waals surface area contributed by atoms with Crippen molar-refractivity contribution in [2.24, 2.45) is 0 Å². The summed E-state index contributed by atoms with van der Waals surface area (Å²) >= 11 is 1.59. The van der Waals surface area contributed by atoms with Crippen LogP contribution >= 0.6 is 11.3 Å². The Morgan fingerprint density at radius 2 is 2.07 bits per heavy atom. The minimum atomic E-state index is 0.553. The Morgan fingerprint density at radius 3 is 2.79 bits per heavy atom. The van der Waals surface area contributed by atoms with E-state index >= 15 is 0 Å². The lowest BCUT2D eigenvalue weighted by molar-refractivity contribution is 0.0614. The molecular weight excluding hydrogens is 202 g/mol. The van der Waals surface area contributed by atoms with Gasteiger partial charge in [0, 0.05) is 19.6 Å². The zero-order chi connectivity index (χ0) is 10.2. The summed E-state index contributed by atoms with van der Waals surface area (Å²) in [5.41, 5.74) is 0.961. The molecule has 0 bridgehead atoms. The standard InChI is InChI=1S/C9H15NO3S/c1-11-3-4-13-6-9-10-8(5-12-2)7-14-9/h7H,3-6H2,1-2H3. The molecule has 1 aromatic heterocycles. The lowest BCUT2D eigenvalue weighted by Crippen LogP contribution is -2.01. The second kappa shape index (κ2) is 6.89. The van der Waals surface area contributed by atoms with Crippen molar-refractivity contribution in [2.75, 3.05) is 27.4 Å². The van der Waals surface area contributed by atoms with Crippen molar-refractivity contribution in [2.45, 2.75) is 13.2 Å². The summed E-state index contributed by atoms with van der Waals surface area (Å²) < 4.78 is 15.2. The Labute approximate surface area is 87.8 Å². The van der Waals surface area contributed by atoms with Crippen LogP contribution < -0.4 is 0 Å². The summed E-state index contributed by atoms with van der Waals surface area (Å²) in [5.74, 6) is 0. The van der Waals surface area contributed by atoms with Crippen LogP contribution in [-0.2, 0) is 27.4 Å². The molecule has 80 valence electrons. The maximum atomic E-state index is 5.33. The summed E-state index contributed by atoms with van der Waals surface area (Å²) in [6.07, 6.45) is 0. The summed E-state index contributed by atoms with van der Waals surface area (Å²) in [6.45, 7) is 2.35. The van der Waals surface area contributed by atoms with Crippen molar-refractivity contribution in [1.82, 2.24) is 4.98 Å². The van der Waals surface area contributed by atoms with E-state index in [1.54, 1.807) is 25.6 Å². The van der Waals surface area contributed by atoms with Crippen molar-refractivity contribution >= 4 is 11.3 Å². The van der Waals surface area contributed by atoms with Crippen LogP contribution in [0.15, 0.2) is 5.38 Å². The minimum Gasteiger partial charge on any atom is -0.382 e. The Balaban J connectivity index is 2.22. The van der Waals surface area contributed by atoms with Gasteiger partial charge in [-0.25, -0.2) is 4.98 Å². The van der Waals surface area contributed by atoms with Crippen LogP contribution in [0.2, 0.25) is 0 Å². The monoisotopic (exact) mass is 217 g/mol. The number of hydrogen-bond acceptors (Lipinski definition) is 5. The zero-order valence-electron chi connectivity index (χ0n) is 8.49. The van der Waals surface area contributed by atoms with Gasteiger partial charge in [-0.05, 0) is 0 Å². The number of aromatic nitrogens is 1. The predicted molar refractivity (Wildman–Crippen MR) is 54.4 cm³/mol. The minimum absolute atomic E-state index is 0.553.